The molecular formula is C22H24N2O5. The molecule has 2 aromatic rings. The van der Waals surface area contributed by atoms with Gasteiger partial charge in [-0.1, -0.05) is 6.07 Å². The van der Waals surface area contributed by atoms with Crippen LogP contribution in [0.1, 0.15) is 51.5 Å². The summed E-state index contributed by atoms with van der Waals surface area (Å²) >= 11 is 0. The number of hydrogen-bond acceptors (Lipinski definition) is 6. The van der Waals surface area contributed by atoms with Gasteiger partial charge in [-0.25, -0.2) is 4.79 Å². The number of ether oxygens (including phenoxy) is 3. The van der Waals surface area contributed by atoms with E-state index in [9.17, 15) is 14.9 Å². The molecule has 1 N–H and O–H groups in total. The third kappa shape index (κ3) is 4.66. The highest BCUT2D eigenvalue weighted by molar-refractivity contribution is 6.19. The Bertz CT molecular complexity index is 995. The quantitative estimate of drug-likeness (QED) is 0.313. The van der Waals surface area contributed by atoms with E-state index in [0.717, 1.165) is 0 Å². The van der Waals surface area contributed by atoms with E-state index in [2.05, 4.69) is 4.98 Å². The first-order valence-corrected chi connectivity index (χ1v) is 9.21. The fourth-order valence-corrected chi connectivity index (χ4v) is 3.02. The van der Waals surface area contributed by atoms with Gasteiger partial charge < -0.3 is 19.2 Å². The average Bonchev–Trinajstić information content (AvgIpc) is 3.00. The van der Waals surface area contributed by atoms with Crippen LogP contribution in [0.15, 0.2) is 23.8 Å². The van der Waals surface area contributed by atoms with Crippen LogP contribution < -0.4 is 9.47 Å². The number of methoxy groups -OCH3 is 1. The molecule has 0 spiro atoms. The number of Topliss-reactive ketones (excluding diaryl/α,β-unsaturated/α-hetero) is 1. The highest BCUT2D eigenvalue weighted by atomic mass is 16.5. The molecule has 1 heterocycles. The molecule has 0 radical (unpaired) electrons. The first kappa shape index (κ1) is 21.8. The normalized spacial score (nSPS) is 11.0. The molecule has 0 atom stereocenters. The largest absolute Gasteiger partial charge is 0.493 e. The summed E-state index contributed by atoms with van der Waals surface area (Å²) in [5, 5.41) is 9.60. The number of hydrogen-bond donors (Lipinski definition) is 1. The number of benzene rings is 1. The van der Waals surface area contributed by atoms with Crippen molar-refractivity contribution in [1.29, 1.82) is 5.26 Å². The maximum absolute atomic E-state index is 13.1. The lowest BCUT2D eigenvalue weighted by Crippen LogP contribution is -2.13. The summed E-state index contributed by atoms with van der Waals surface area (Å²) in [7, 11) is 1.53. The van der Waals surface area contributed by atoms with E-state index in [1.807, 2.05) is 13.0 Å². The van der Waals surface area contributed by atoms with Gasteiger partial charge in [-0.2, -0.15) is 5.26 Å². The molecule has 0 saturated carbocycles. The van der Waals surface area contributed by atoms with Crippen LogP contribution in [0.4, 0.5) is 0 Å². The summed E-state index contributed by atoms with van der Waals surface area (Å²) in [6.45, 7) is 7.53. The van der Waals surface area contributed by atoms with Gasteiger partial charge in [0.2, 0.25) is 5.78 Å². The van der Waals surface area contributed by atoms with Crippen LogP contribution in [-0.4, -0.2) is 37.1 Å². The van der Waals surface area contributed by atoms with Crippen molar-refractivity contribution < 1.29 is 23.8 Å². The molecule has 152 valence electrons. The second-order valence-electron chi connectivity index (χ2n) is 6.19. The molecule has 2 rings (SSSR count). The third-order valence-corrected chi connectivity index (χ3v) is 4.25. The fraction of sp³-hybridized carbons (Fsp3) is 0.318. The van der Waals surface area contributed by atoms with Crippen LogP contribution in [-0.2, 0) is 4.74 Å². The monoisotopic (exact) mass is 396 g/mol. The van der Waals surface area contributed by atoms with Gasteiger partial charge in [0.1, 0.15) is 11.6 Å². The molecule has 7 heteroatoms. The first-order chi connectivity index (χ1) is 13.9. The zero-order valence-corrected chi connectivity index (χ0v) is 17.2. The molecule has 7 nitrogen and oxygen atoms in total. The van der Waals surface area contributed by atoms with Crippen molar-refractivity contribution in [2.24, 2.45) is 0 Å². The summed E-state index contributed by atoms with van der Waals surface area (Å²) in [5.41, 5.74) is 1.81. The molecular weight excluding hydrogens is 372 g/mol. The van der Waals surface area contributed by atoms with E-state index in [4.69, 9.17) is 14.2 Å². The number of aromatic nitrogens is 1. The van der Waals surface area contributed by atoms with Gasteiger partial charge in [0.25, 0.3) is 0 Å². The number of aryl methyl sites for hydroxylation is 2. The minimum absolute atomic E-state index is 0.106. The minimum Gasteiger partial charge on any atom is -0.493 e. The number of nitrogens with zero attached hydrogens (tertiary/aromatic N) is 1. The van der Waals surface area contributed by atoms with E-state index in [1.165, 1.54) is 13.2 Å². The van der Waals surface area contributed by atoms with Gasteiger partial charge in [0.15, 0.2) is 11.5 Å². The lowest BCUT2D eigenvalue weighted by Gasteiger charge is -2.10. The Morgan fingerprint density at radius 2 is 1.79 bits per heavy atom. The number of rotatable bonds is 8. The van der Waals surface area contributed by atoms with Crippen molar-refractivity contribution in [3.63, 3.8) is 0 Å². The zero-order chi connectivity index (χ0) is 21.6. The van der Waals surface area contributed by atoms with Gasteiger partial charge in [-0.05, 0) is 51.5 Å². The van der Waals surface area contributed by atoms with Crippen molar-refractivity contribution in [1.82, 2.24) is 4.98 Å². The van der Waals surface area contributed by atoms with E-state index in [-0.39, 0.29) is 23.3 Å². The van der Waals surface area contributed by atoms with E-state index >= 15 is 0 Å². The number of H-pyrrole nitrogens is 1. The summed E-state index contributed by atoms with van der Waals surface area (Å²) in [4.78, 5) is 28.4. The summed E-state index contributed by atoms with van der Waals surface area (Å²) in [6.07, 6.45) is 1.46. The van der Waals surface area contributed by atoms with Gasteiger partial charge in [-0.15, -0.1) is 0 Å². The predicted octanol–water partition coefficient (Wildman–Crippen LogP) is 4.01. The molecule has 0 saturated heterocycles. The lowest BCUT2D eigenvalue weighted by atomic mass is 9.98. The van der Waals surface area contributed by atoms with Crippen molar-refractivity contribution in [3.05, 3.63) is 51.9 Å². The Labute approximate surface area is 169 Å². The fourth-order valence-electron chi connectivity index (χ4n) is 3.02. The van der Waals surface area contributed by atoms with Crippen molar-refractivity contribution >= 4 is 17.8 Å². The second-order valence-corrected chi connectivity index (χ2v) is 6.19. The minimum atomic E-state index is -0.599. The molecule has 0 unspecified atom stereocenters. The number of nitriles is 1. The van der Waals surface area contributed by atoms with Gasteiger partial charge >= 0.3 is 5.97 Å². The number of esters is 1. The average molecular weight is 396 g/mol. The Morgan fingerprint density at radius 3 is 2.38 bits per heavy atom. The predicted molar refractivity (Wildman–Crippen MR) is 108 cm³/mol. The molecule has 0 fully saturated rings. The number of nitrogens with one attached hydrogen (secondary N) is 1. The van der Waals surface area contributed by atoms with Crippen LogP contribution in [0.5, 0.6) is 11.5 Å². The lowest BCUT2D eigenvalue weighted by molar-refractivity contribution is 0.0523. The van der Waals surface area contributed by atoms with Gasteiger partial charge in [0.05, 0.1) is 31.5 Å². The Kier molecular flexibility index (Phi) is 7.21. The Balaban J connectivity index is 2.51. The molecule has 0 bridgehead atoms. The SMILES string of the molecule is CCOC(=O)c1c(C)[nH]c(C)c1C(=O)C(C#N)=Cc1ccc(OC)c(OCC)c1. The number of allylic oxidation sites excluding steroid dienone is 1. The molecule has 1 aromatic carbocycles. The molecule has 29 heavy (non-hydrogen) atoms. The topological polar surface area (TPSA) is 101 Å². The molecule has 0 amide bonds. The Hall–Kier alpha value is -3.53. The van der Waals surface area contributed by atoms with Crippen LogP contribution in [0.25, 0.3) is 6.08 Å². The molecule has 1 aromatic heterocycles. The van der Waals surface area contributed by atoms with E-state index < -0.39 is 11.8 Å². The summed E-state index contributed by atoms with van der Waals surface area (Å²) in [6, 6.07) is 7.04. The van der Waals surface area contributed by atoms with Gasteiger partial charge in [0, 0.05) is 11.4 Å². The van der Waals surface area contributed by atoms with Crippen LogP contribution >= 0.6 is 0 Å². The van der Waals surface area contributed by atoms with Crippen LogP contribution in [0.2, 0.25) is 0 Å². The number of aromatic amines is 1. The maximum atomic E-state index is 13.1. The molecule has 0 aliphatic heterocycles. The first-order valence-electron chi connectivity index (χ1n) is 9.21. The highest BCUT2D eigenvalue weighted by Crippen LogP contribution is 2.30. The van der Waals surface area contributed by atoms with Crippen molar-refractivity contribution in [3.8, 4) is 17.6 Å². The third-order valence-electron chi connectivity index (χ3n) is 4.25. The van der Waals surface area contributed by atoms with Crippen LogP contribution in [0, 0.1) is 25.2 Å². The van der Waals surface area contributed by atoms with E-state index in [1.54, 1.807) is 39.0 Å². The van der Waals surface area contributed by atoms with E-state index in [0.29, 0.717) is 35.1 Å². The van der Waals surface area contributed by atoms with Gasteiger partial charge in [-0.3, -0.25) is 4.79 Å². The standard InChI is InChI=1S/C22H24N2O5/c1-6-28-18-11-15(8-9-17(18)27-5)10-16(12-23)21(25)19-13(3)24-14(4)20(19)22(26)29-7-2/h8-11,24H,6-7H2,1-5H3. The summed E-state index contributed by atoms with van der Waals surface area (Å²) < 4.78 is 15.9. The summed E-state index contributed by atoms with van der Waals surface area (Å²) in [5.74, 6) is -0.0887. The number of carbonyl (C=O) groups is 2. The highest BCUT2D eigenvalue weighted by Gasteiger charge is 2.27. The maximum Gasteiger partial charge on any atom is 0.340 e. The van der Waals surface area contributed by atoms with Crippen molar-refractivity contribution in [2.75, 3.05) is 20.3 Å². The number of ketones is 1. The number of carbonyl (C=O) groups excluding carboxylic acids is 2. The Morgan fingerprint density at radius 1 is 1.10 bits per heavy atom. The molecule has 0 aliphatic rings. The molecule has 0 aliphatic carbocycles. The zero-order valence-electron chi connectivity index (χ0n) is 17.2. The van der Waals surface area contributed by atoms with Crippen LogP contribution in [0.3, 0.4) is 0 Å². The van der Waals surface area contributed by atoms with Crippen molar-refractivity contribution in [2.45, 2.75) is 27.7 Å². The smallest absolute Gasteiger partial charge is 0.340 e. The second kappa shape index (κ2) is 9.60.